The van der Waals surface area contributed by atoms with Crippen molar-refractivity contribution in [2.24, 2.45) is 5.92 Å². The molecule has 2 aromatic rings. The Morgan fingerprint density at radius 1 is 1.30 bits per heavy atom. The summed E-state index contributed by atoms with van der Waals surface area (Å²) in [5.41, 5.74) is 1.39. The van der Waals surface area contributed by atoms with Crippen molar-refractivity contribution in [2.45, 2.75) is 31.7 Å². The third-order valence-corrected chi connectivity index (χ3v) is 5.10. The van der Waals surface area contributed by atoms with Crippen LogP contribution in [0.2, 0.25) is 5.02 Å². The number of hydrogen-bond acceptors (Lipinski definition) is 4. The number of pyridine rings is 1. The molecule has 1 fully saturated rings. The molecule has 0 unspecified atom stereocenters. The molecule has 1 aliphatic carbocycles. The summed E-state index contributed by atoms with van der Waals surface area (Å²) in [6, 6.07) is 9.95. The molecule has 1 saturated carbocycles. The van der Waals surface area contributed by atoms with Gasteiger partial charge in [-0.2, -0.15) is 5.26 Å². The number of fused-ring (bicyclic) bond motifs is 1. The minimum atomic E-state index is 0.282. The molecule has 1 N–H and O–H groups in total. The van der Waals surface area contributed by atoms with Crippen molar-refractivity contribution in [3.8, 4) is 6.07 Å². The Kier molecular flexibility index (Phi) is 4.70. The zero-order valence-electron chi connectivity index (χ0n) is 13.2. The number of anilines is 1. The van der Waals surface area contributed by atoms with Gasteiger partial charge >= 0.3 is 0 Å². The molecule has 0 aliphatic heterocycles. The van der Waals surface area contributed by atoms with Crippen LogP contribution in [0, 0.1) is 17.2 Å². The number of aliphatic hydroxyl groups is 1. The second-order valence-corrected chi connectivity index (χ2v) is 6.71. The number of halogens is 1. The van der Waals surface area contributed by atoms with Gasteiger partial charge in [0.15, 0.2) is 0 Å². The number of hydrogen-bond donors (Lipinski definition) is 1. The van der Waals surface area contributed by atoms with E-state index in [2.05, 4.69) is 11.0 Å². The van der Waals surface area contributed by atoms with Gasteiger partial charge in [0.25, 0.3) is 0 Å². The zero-order chi connectivity index (χ0) is 16.4. The maximum Gasteiger partial charge on any atom is 0.130 e. The second kappa shape index (κ2) is 6.74. The van der Waals surface area contributed by atoms with Crippen LogP contribution in [0.3, 0.4) is 0 Å². The lowest BCUT2D eigenvalue weighted by molar-refractivity contribution is 0.182. The van der Waals surface area contributed by atoms with Crippen LogP contribution < -0.4 is 4.90 Å². The summed E-state index contributed by atoms with van der Waals surface area (Å²) in [6.07, 6.45) is 4.17. The Hall–Kier alpha value is -1.83. The highest BCUT2D eigenvalue weighted by Crippen LogP contribution is 2.31. The van der Waals surface area contributed by atoms with Crippen LogP contribution in [0.25, 0.3) is 10.9 Å². The van der Waals surface area contributed by atoms with E-state index in [0.29, 0.717) is 22.5 Å². The number of nitriles is 1. The van der Waals surface area contributed by atoms with Gasteiger partial charge in [-0.15, -0.1) is 0 Å². The smallest absolute Gasteiger partial charge is 0.130 e. The topological polar surface area (TPSA) is 60.2 Å². The second-order valence-electron chi connectivity index (χ2n) is 6.27. The van der Waals surface area contributed by atoms with Crippen LogP contribution in [-0.4, -0.2) is 29.8 Å². The van der Waals surface area contributed by atoms with Crippen LogP contribution in [0.15, 0.2) is 24.3 Å². The minimum Gasteiger partial charge on any atom is -0.396 e. The first kappa shape index (κ1) is 16.0. The summed E-state index contributed by atoms with van der Waals surface area (Å²) in [5, 5.41) is 20.1. The standard InChI is InChI=1S/C18H20ClN3O/c1-22(15-5-2-12(11-23)3-6-15)18-8-13(10-20)16-9-14(19)4-7-17(16)21-18/h4,7-9,12,15,23H,2-3,5-6,11H2,1H3. The average Bonchev–Trinajstić information content (AvgIpc) is 2.60. The molecule has 0 radical (unpaired) electrons. The van der Waals surface area contributed by atoms with Gasteiger partial charge in [0.05, 0.1) is 17.1 Å². The Labute approximate surface area is 141 Å². The molecular weight excluding hydrogens is 310 g/mol. The molecule has 0 saturated heterocycles. The van der Waals surface area contributed by atoms with E-state index < -0.39 is 0 Å². The van der Waals surface area contributed by atoms with Gasteiger partial charge in [-0.25, -0.2) is 4.98 Å². The van der Waals surface area contributed by atoms with E-state index in [-0.39, 0.29) is 6.61 Å². The molecule has 5 heteroatoms. The summed E-state index contributed by atoms with van der Waals surface area (Å²) in [6.45, 7) is 0.282. The van der Waals surface area contributed by atoms with Crippen LogP contribution in [-0.2, 0) is 0 Å². The highest BCUT2D eigenvalue weighted by molar-refractivity contribution is 6.31. The predicted octanol–water partition coefficient (Wildman–Crippen LogP) is 3.75. The van der Waals surface area contributed by atoms with Gasteiger partial charge in [-0.3, -0.25) is 0 Å². The molecule has 1 aromatic carbocycles. The Morgan fingerprint density at radius 2 is 2.04 bits per heavy atom. The first-order valence-corrected chi connectivity index (χ1v) is 8.34. The number of aromatic nitrogens is 1. The van der Waals surface area contributed by atoms with E-state index in [0.717, 1.165) is 42.4 Å². The fourth-order valence-electron chi connectivity index (χ4n) is 3.36. The molecule has 120 valence electrons. The molecule has 1 heterocycles. The minimum absolute atomic E-state index is 0.282. The van der Waals surface area contributed by atoms with E-state index in [9.17, 15) is 10.4 Å². The van der Waals surface area contributed by atoms with Crippen molar-refractivity contribution >= 4 is 28.3 Å². The summed E-state index contributed by atoms with van der Waals surface area (Å²) < 4.78 is 0. The lowest BCUT2D eigenvalue weighted by Crippen LogP contribution is -2.36. The molecule has 0 bridgehead atoms. The lowest BCUT2D eigenvalue weighted by atomic mass is 9.86. The highest BCUT2D eigenvalue weighted by Gasteiger charge is 2.24. The Bertz CT molecular complexity index is 748. The van der Waals surface area contributed by atoms with E-state index in [1.54, 1.807) is 12.1 Å². The number of rotatable bonds is 3. The molecule has 4 nitrogen and oxygen atoms in total. The number of nitrogens with zero attached hydrogens (tertiary/aromatic N) is 3. The van der Waals surface area contributed by atoms with Gasteiger partial charge < -0.3 is 10.0 Å². The van der Waals surface area contributed by atoms with Gasteiger partial charge in [0.2, 0.25) is 0 Å². The zero-order valence-corrected chi connectivity index (χ0v) is 13.9. The summed E-state index contributed by atoms with van der Waals surface area (Å²) in [4.78, 5) is 6.88. The average molecular weight is 330 g/mol. The molecule has 0 amide bonds. The maximum absolute atomic E-state index is 9.44. The van der Waals surface area contributed by atoms with Crippen molar-refractivity contribution in [3.05, 3.63) is 34.9 Å². The van der Waals surface area contributed by atoms with Crippen LogP contribution >= 0.6 is 11.6 Å². The third kappa shape index (κ3) is 3.26. The first-order valence-electron chi connectivity index (χ1n) is 7.96. The molecule has 0 atom stereocenters. The van der Waals surface area contributed by atoms with Crippen LogP contribution in [0.1, 0.15) is 31.2 Å². The van der Waals surface area contributed by atoms with E-state index in [1.165, 1.54) is 0 Å². The maximum atomic E-state index is 9.44. The van der Waals surface area contributed by atoms with E-state index in [4.69, 9.17) is 16.6 Å². The van der Waals surface area contributed by atoms with Gasteiger partial charge in [-0.1, -0.05) is 11.6 Å². The SMILES string of the molecule is CN(c1cc(C#N)c2cc(Cl)ccc2n1)C1CCC(CO)CC1. The predicted molar refractivity (Wildman–Crippen MR) is 92.7 cm³/mol. The molecule has 1 aliphatic rings. The molecule has 1 aromatic heterocycles. The highest BCUT2D eigenvalue weighted by atomic mass is 35.5. The van der Waals surface area contributed by atoms with Crippen LogP contribution in [0.5, 0.6) is 0 Å². The van der Waals surface area contributed by atoms with Crippen LogP contribution in [0.4, 0.5) is 5.82 Å². The fourth-order valence-corrected chi connectivity index (χ4v) is 3.53. The van der Waals surface area contributed by atoms with Gasteiger partial charge in [-0.05, 0) is 55.9 Å². The fraction of sp³-hybridized carbons (Fsp3) is 0.444. The Morgan fingerprint density at radius 3 is 2.70 bits per heavy atom. The number of benzene rings is 1. The monoisotopic (exact) mass is 329 g/mol. The quantitative estimate of drug-likeness (QED) is 0.931. The summed E-state index contributed by atoms with van der Waals surface area (Å²) >= 11 is 6.03. The molecule has 3 rings (SSSR count). The summed E-state index contributed by atoms with van der Waals surface area (Å²) in [7, 11) is 2.04. The van der Waals surface area contributed by atoms with Crippen molar-refractivity contribution in [1.29, 1.82) is 5.26 Å². The third-order valence-electron chi connectivity index (χ3n) is 4.86. The van der Waals surface area contributed by atoms with Gasteiger partial charge in [0, 0.05) is 30.1 Å². The Balaban J connectivity index is 1.91. The van der Waals surface area contributed by atoms with E-state index in [1.807, 2.05) is 19.2 Å². The summed E-state index contributed by atoms with van der Waals surface area (Å²) in [5.74, 6) is 1.25. The normalized spacial score (nSPS) is 21.1. The lowest BCUT2D eigenvalue weighted by Gasteiger charge is -2.35. The van der Waals surface area contributed by atoms with Crippen molar-refractivity contribution in [2.75, 3.05) is 18.6 Å². The van der Waals surface area contributed by atoms with Crippen molar-refractivity contribution in [3.63, 3.8) is 0 Å². The van der Waals surface area contributed by atoms with Crippen molar-refractivity contribution in [1.82, 2.24) is 4.98 Å². The van der Waals surface area contributed by atoms with Crippen molar-refractivity contribution < 1.29 is 5.11 Å². The largest absolute Gasteiger partial charge is 0.396 e. The molecule has 23 heavy (non-hydrogen) atoms. The number of aliphatic hydroxyl groups excluding tert-OH is 1. The van der Waals surface area contributed by atoms with E-state index >= 15 is 0 Å². The van der Waals surface area contributed by atoms with Gasteiger partial charge in [0.1, 0.15) is 5.82 Å². The first-order chi connectivity index (χ1) is 11.1. The molecular formula is C18H20ClN3O. The molecule has 0 spiro atoms.